The predicted molar refractivity (Wildman–Crippen MR) is 84.4 cm³/mol. The first-order valence-corrected chi connectivity index (χ1v) is 8.06. The molecule has 2 fully saturated rings. The summed E-state index contributed by atoms with van der Waals surface area (Å²) >= 11 is 0. The van der Waals surface area contributed by atoms with Crippen LogP contribution < -0.4 is 5.32 Å². The molecule has 2 aliphatic heterocycles. The highest BCUT2D eigenvalue weighted by Gasteiger charge is 2.30. The number of hydrogen-bond acceptors (Lipinski definition) is 4. The van der Waals surface area contributed by atoms with E-state index in [2.05, 4.69) is 21.3 Å². The Balaban J connectivity index is 1.50. The van der Waals surface area contributed by atoms with Crippen molar-refractivity contribution in [1.29, 1.82) is 0 Å². The number of fused-ring (bicyclic) bond motifs is 1. The minimum absolute atomic E-state index is 0.553. The number of hydrogen-bond donors (Lipinski definition) is 1. The van der Waals surface area contributed by atoms with E-state index in [1.54, 1.807) is 0 Å². The third-order valence-electron chi connectivity index (χ3n) is 4.93. The molecule has 0 radical (unpaired) electrons. The van der Waals surface area contributed by atoms with E-state index >= 15 is 0 Å². The summed E-state index contributed by atoms with van der Waals surface area (Å²) in [5.41, 5.74) is 3.19. The summed E-state index contributed by atoms with van der Waals surface area (Å²) in [7, 11) is 0. The van der Waals surface area contributed by atoms with Crippen LogP contribution in [0, 0.1) is 0 Å². The lowest BCUT2D eigenvalue weighted by atomic mass is 10.0. The van der Waals surface area contributed by atoms with Gasteiger partial charge in [-0.25, -0.2) is 4.98 Å². The molecule has 2 aromatic rings. The minimum atomic E-state index is 0.553. The zero-order chi connectivity index (χ0) is 14.1. The molecule has 21 heavy (non-hydrogen) atoms. The van der Waals surface area contributed by atoms with E-state index < -0.39 is 0 Å². The van der Waals surface area contributed by atoms with Crippen LogP contribution in [-0.2, 0) is 0 Å². The number of nitrogens with one attached hydrogen (secondary N) is 1. The van der Waals surface area contributed by atoms with Gasteiger partial charge in [-0.2, -0.15) is 0 Å². The second kappa shape index (κ2) is 5.70. The molecule has 110 valence electrons. The number of para-hydroxylation sites is 2. The van der Waals surface area contributed by atoms with Crippen LogP contribution in [0.5, 0.6) is 0 Å². The highest BCUT2D eigenvalue weighted by molar-refractivity contribution is 5.73. The van der Waals surface area contributed by atoms with Crippen molar-refractivity contribution >= 4 is 11.0 Å². The first kappa shape index (κ1) is 13.2. The van der Waals surface area contributed by atoms with Crippen LogP contribution in [-0.4, -0.2) is 47.1 Å². The van der Waals surface area contributed by atoms with Gasteiger partial charge in [0.1, 0.15) is 0 Å². The van der Waals surface area contributed by atoms with Gasteiger partial charge >= 0.3 is 0 Å². The number of aromatic nitrogens is 2. The number of rotatable bonds is 2. The van der Waals surface area contributed by atoms with E-state index in [0.717, 1.165) is 23.6 Å². The molecule has 4 nitrogen and oxygen atoms in total. The van der Waals surface area contributed by atoms with Crippen molar-refractivity contribution in [2.45, 2.75) is 31.2 Å². The SMILES string of the molecule is c1ccc2nc(C3CCN(C4CCNCC4)C3)cnc2c1. The average Bonchev–Trinajstić information content (AvgIpc) is 3.05. The van der Waals surface area contributed by atoms with Crippen LogP contribution in [0.1, 0.15) is 30.9 Å². The molecule has 2 saturated heterocycles. The molecule has 0 amide bonds. The molecule has 0 saturated carbocycles. The summed E-state index contributed by atoms with van der Waals surface area (Å²) in [5.74, 6) is 0.553. The van der Waals surface area contributed by atoms with Crippen molar-refractivity contribution in [3.63, 3.8) is 0 Å². The molecule has 1 aromatic carbocycles. The summed E-state index contributed by atoms with van der Waals surface area (Å²) < 4.78 is 0. The van der Waals surface area contributed by atoms with Gasteiger partial charge < -0.3 is 5.32 Å². The van der Waals surface area contributed by atoms with Crippen LogP contribution in [0.25, 0.3) is 11.0 Å². The molecule has 0 bridgehead atoms. The van der Waals surface area contributed by atoms with Crippen LogP contribution in [0.3, 0.4) is 0 Å². The zero-order valence-electron chi connectivity index (χ0n) is 12.3. The fourth-order valence-corrected chi connectivity index (χ4v) is 3.70. The number of piperidine rings is 1. The quantitative estimate of drug-likeness (QED) is 0.916. The summed E-state index contributed by atoms with van der Waals surface area (Å²) in [6.45, 7) is 4.70. The summed E-state index contributed by atoms with van der Waals surface area (Å²) in [4.78, 5) is 12.1. The van der Waals surface area contributed by atoms with Gasteiger partial charge in [0.05, 0.1) is 16.7 Å². The van der Waals surface area contributed by atoms with Gasteiger partial charge in [-0.3, -0.25) is 9.88 Å². The molecule has 1 aromatic heterocycles. The monoisotopic (exact) mass is 282 g/mol. The Morgan fingerprint density at radius 3 is 2.71 bits per heavy atom. The van der Waals surface area contributed by atoms with Gasteiger partial charge in [-0.1, -0.05) is 12.1 Å². The summed E-state index contributed by atoms with van der Waals surface area (Å²) in [5, 5.41) is 3.45. The summed E-state index contributed by atoms with van der Waals surface area (Å²) in [6.07, 6.45) is 5.78. The van der Waals surface area contributed by atoms with E-state index in [1.165, 1.54) is 44.6 Å². The van der Waals surface area contributed by atoms with Crippen molar-refractivity contribution in [2.24, 2.45) is 0 Å². The molecule has 0 spiro atoms. The third-order valence-corrected chi connectivity index (χ3v) is 4.93. The van der Waals surface area contributed by atoms with Crippen molar-refractivity contribution in [2.75, 3.05) is 26.2 Å². The Labute approximate surface area is 125 Å². The van der Waals surface area contributed by atoms with Crippen LogP contribution in [0.4, 0.5) is 0 Å². The Hall–Kier alpha value is -1.52. The largest absolute Gasteiger partial charge is 0.317 e. The van der Waals surface area contributed by atoms with Gasteiger partial charge in [-0.15, -0.1) is 0 Å². The molecule has 1 N–H and O–H groups in total. The molecular weight excluding hydrogens is 260 g/mol. The smallest absolute Gasteiger partial charge is 0.0890 e. The highest BCUT2D eigenvalue weighted by Crippen LogP contribution is 2.29. The van der Waals surface area contributed by atoms with Crippen molar-refractivity contribution < 1.29 is 0 Å². The van der Waals surface area contributed by atoms with E-state index in [4.69, 9.17) is 4.98 Å². The lowest BCUT2D eigenvalue weighted by Gasteiger charge is -2.31. The highest BCUT2D eigenvalue weighted by atomic mass is 15.2. The van der Waals surface area contributed by atoms with Gasteiger partial charge in [-0.05, 0) is 51.0 Å². The summed E-state index contributed by atoms with van der Waals surface area (Å²) in [6, 6.07) is 8.92. The predicted octanol–water partition coefficient (Wildman–Crippen LogP) is 2.17. The maximum Gasteiger partial charge on any atom is 0.0890 e. The lowest BCUT2D eigenvalue weighted by molar-refractivity contribution is 0.196. The fraction of sp³-hybridized carbons (Fsp3) is 0.529. The van der Waals surface area contributed by atoms with Crippen LogP contribution in [0.2, 0.25) is 0 Å². The molecule has 1 unspecified atom stereocenters. The van der Waals surface area contributed by atoms with E-state index in [-0.39, 0.29) is 0 Å². The van der Waals surface area contributed by atoms with Crippen LogP contribution >= 0.6 is 0 Å². The first-order valence-electron chi connectivity index (χ1n) is 8.06. The molecule has 3 heterocycles. The Morgan fingerprint density at radius 1 is 1.05 bits per heavy atom. The van der Waals surface area contributed by atoms with Crippen molar-refractivity contribution in [3.8, 4) is 0 Å². The van der Waals surface area contributed by atoms with Gasteiger partial charge in [0.15, 0.2) is 0 Å². The molecule has 0 aliphatic carbocycles. The van der Waals surface area contributed by atoms with Gasteiger partial charge in [0, 0.05) is 24.7 Å². The number of likely N-dealkylation sites (tertiary alicyclic amines) is 1. The number of benzene rings is 1. The standard InChI is InChI=1S/C17H22N4/c1-2-4-16-15(3-1)19-11-17(20-16)13-7-10-21(12-13)14-5-8-18-9-6-14/h1-4,11,13-14,18H,5-10,12H2. The van der Waals surface area contributed by atoms with Gasteiger partial charge in [0.2, 0.25) is 0 Å². The van der Waals surface area contributed by atoms with Crippen molar-refractivity contribution in [1.82, 2.24) is 20.2 Å². The average molecular weight is 282 g/mol. The van der Waals surface area contributed by atoms with Gasteiger partial charge in [0.25, 0.3) is 0 Å². The minimum Gasteiger partial charge on any atom is -0.317 e. The van der Waals surface area contributed by atoms with E-state index in [0.29, 0.717) is 5.92 Å². The third kappa shape index (κ3) is 2.65. The molecule has 4 heteroatoms. The normalized spacial score (nSPS) is 24.7. The Morgan fingerprint density at radius 2 is 1.86 bits per heavy atom. The van der Waals surface area contributed by atoms with Crippen molar-refractivity contribution in [3.05, 3.63) is 36.2 Å². The van der Waals surface area contributed by atoms with E-state index in [9.17, 15) is 0 Å². The fourth-order valence-electron chi connectivity index (χ4n) is 3.70. The maximum atomic E-state index is 4.84. The second-order valence-corrected chi connectivity index (χ2v) is 6.25. The number of nitrogens with zero attached hydrogens (tertiary/aromatic N) is 3. The zero-order valence-corrected chi connectivity index (χ0v) is 12.3. The topological polar surface area (TPSA) is 41.1 Å². The molecule has 1 atom stereocenters. The van der Waals surface area contributed by atoms with Crippen LogP contribution in [0.15, 0.2) is 30.5 Å². The molecule has 2 aliphatic rings. The Bertz CT molecular complexity index is 621. The first-order chi connectivity index (χ1) is 10.4. The Kier molecular flexibility index (Phi) is 3.57. The lowest BCUT2D eigenvalue weighted by Crippen LogP contribution is -2.41. The second-order valence-electron chi connectivity index (χ2n) is 6.25. The molecular formula is C17H22N4. The maximum absolute atomic E-state index is 4.84. The molecule has 4 rings (SSSR count). The van der Waals surface area contributed by atoms with E-state index in [1.807, 2.05) is 24.4 Å².